The lowest BCUT2D eigenvalue weighted by atomic mass is 9.64. The maximum Gasteiger partial charge on any atom is 0.232 e. The van der Waals surface area contributed by atoms with E-state index in [2.05, 4.69) is 4.90 Å². The molecule has 8 heterocycles. The lowest BCUT2D eigenvalue weighted by molar-refractivity contribution is -0.124. The van der Waals surface area contributed by atoms with Crippen molar-refractivity contribution >= 4 is 23.6 Å². The number of fused-ring (bicyclic) bond motifs is 4. The Kier molecular flexibility index (Phi) is 15.5. The molecule has 20 rings (SSSR count). The van der Waals surface area contributed by atoms with Gasteiger partial charge < -0.3 is 61.5 Å². The number of rotatable bonds is 28. The summed E-state index contributed by atoms with van der Waals surface area (Å²) in [6, 6.07) is 17.6. The minimum Gasteiger partial charge on any atom is -0.493 e. The van der Waals surface area contributed by atoms with Crippen LogP contribution in [-0.2, 0) is 92.1 Å². The Morgan fingerprint density at radius 2 is 0.578 bits per heavy atom. The smallest absolute Gasteiger partial charge is 0.232 e. The van der Waals surface area contributed by atoms with Crippen LogP contribution in [0.1, 0.15) is 175 Å². The van der Waals surface area contributed by atoms with E-state index < -0.39 is 271 Å². The second-order valence-corrected chi connectivity index (χ2v) is 31.9. The maximum atomic E-state index is 13.9. The van der Waals surface area contributed by atoms with Gasteiger partial charge in [-0.15, -0.1) is 0 Å². The molecule has 4 saturated heterocycles. The van der Waals surface area contributed by atoms with E-state index in [-0.39, 0.29) is 207 Å². The molecular weight excluding hydrogens is 1590 g/mol. The number of carbonyl (C=O) groups is 4. The number of primary amides is 4. The van der Waals surface area contributed by atoms with Crippen molar-refractivity contribution in [2.45, 2.75) is 98.6 Å². The molecule has 128 heavy (non-hydrogen) atoms. The van der Waals surface area contributed by atoms with Crippen LogP contribution in [0.5, 0.6) is 23.0 Å². The van der Waals surface area contributed by atoms with Crippen molar-refractivity contribution in [2.75, 3.05) is 105 Å². The highest BCUT2D eigenvalue weighted by atomic mass is 16.5. The number of nitrogens with two attached hydrogens (primary N) is 4. The van der Waals surface area contributed by atoms with Gasteiger partial charge in [-0.25, -0.2) is 0 Å². The SMILES string of the molecule is [2H]c1c([2H])c([2H])c(C(C(N)=O)(c2c([2H])c([2H])c([2H])c([2H])c2[2H])[C@@H]2CCN(C([2H])([2H])Cc3c([2H])c([2H])c4c(c3[2H])C([2H])([2H])CO4)C2)c([2H])c1[2H].[2H]c1c([2H])c([2H])c(C(C(N)=O)(c2c([2H])c([2H])c([2H])c([2H])c2[2H])[C@@H]2CCN(CCc3c([2H])c([2H])c4c(c3[2H])C([2H])([2H])CO4)C2)c([2H])c1[2H].[2H]c1c([2H])c2c(c([2H])c1CC([2H])([2H])N1CC[C@@H](C(C(N)=O)(c3ccccc3)c3ccccc3)C1)C([2H])([2H])CO2.[2H]c1c([2H])c2c(c([2H])c1CCN1CC[C@@H](C(C(N)=O)(c3ccccc3)c3ccccc3)C1)CC([2H])([2H])O2. The molecule has 16 heteroatoms. The van der Waals surface area contributed by atoms with Crippen molar-refractivity contribution in [1.82, 2.24) is 19.6 Å². The van der Waals surface area contributed by atoms with Crippen LogP contribution < -0.4 is 41.9 Å². The molecule has 4 atom stereocenters. The van der Waals surface area contributed by atoms with Crippen molar-refractivity contribution in [2.24, 2.45) is 46.6 Å². The van der Waals surface area contributed by atoms with Crippen LogP contribution in [0, 0.1) is 23.7 Å². The number of carbonyl (C=O) groups excluding carboxylic acids is 4. The predicted molar refractivity (Wildman–Crippen MR) is 507 cm³/mol. The second-order valence-electron chi connectivity index (χ2n) is 31.9. The van der Waals surface area contributed by atoms with E-state index in [0.29, 0.717) is 43.6 Å². The largest absolute Gasteiger partial charge is 0.493 e. The molecule has 0 aromatic heterocycles. The Morgan fingerprint density at radius 1 is 0.320 bits per heavy atom. The van der Waals surface area contributed by atoms with Gasteiger partial charge in [-0.1, -0.05) is 291 Å². The summed E-state index contributed by atoms with van der Waals surface area (Å²) in [7, 11) is 0. The summed E-state index contributed by atoms with van der Waals surface area (Å²) in [4.78, 5) is 61.1. The number of nitrogens with zero attached hydrogens (tertiary/aromatic N) is 4. The van der Waals surface area contributed by atoms with Crippen molar-refractivity contribution in [3.8, 4) is 23.0 Å². The number of benzene rings is 12. The van der Waals surface area contributed by atoms with Gasteiger partial charge in [-0.05, 0) is 214 Å². The lowest BCUT2D eigenvalue weighted by Crippen LogP contribution is -2.49. The van der Waals surface area contributed by atoms with E-state index >= 15 is 0 Å². The van der Waals surface area contributed by atoms with Crippen molar-refractivity contribution in [3.05, 3.63) is 404 Å². The first kappa shape index (κ1) is 49.2. The summed E-state index contributed by atoms with van der Waals surface area (Å²) in [6.07, 6.45) is -5.88. The second kappa shape index (κ2) is 40.3. The van der Waals surface area contributed by atoms with Gasteiger partial charge in [0, 0.05) is 91.5 Å². The first-order valence-electron chi connectivity index (χ1n) is 64.2. The number of likely N-dealkylation sites (tertiary alicyclic amines) is 4. The summed E-state index contributed by atoms with van der Waals surface area (Å²) in [5.41, 5.74) is 17.7. The zero-order chi connectivity index (χ0) is 126. The van der Waals surface area contributed by atoms with Gasteiger partial charge in [0.15, 0.2) is 0 Å². The molecule has 0 saturated carbocycles. The Labute approximate surface area is 816 Å². The third kappa shape index (κ3) is 18.4. The van der Waals surface area contributed by atoms with Gasteiger partial charge in [0.25, 0.3) is 0 Å². The molecule has 656 valence electrons. The number of hydrogen-bond donors (Lipinski definition) is 4. The van der Waals surface area contributed by atoms with Gasteiger partial charge in [0.1, 0.15) is 44.7 Å². The van der Waals surface area contributed by atoms with E-state index in [0.717, 1.165) is 35.2 Å². The molecule has 4 amide bonds. The quantitative estimate of drug-likeness (QED) is 0.0360. The number of hydrogen-bond acceptors (Lipinski definition) is 12. The van der Waals surface area contributed by atoms with Crippen molar-refractivity contribution in [3.63, 3.8) is 0 Å². The highest BCUT2D eigenvalue weighted by Crippen LogP contribution is 2.49. The zero-order valence-corrected chi connectivity index (χ0v) is 69.8. The fourth-order valence-electron chi connectivity index (χ4n) is 18.9. The molecule has 8 aliphatic heterocycles. The highest BCUT2D eigenvalue weighted by Gasteiger charge is 2.54. The Hall–Kier alpha value is -12.4. The van der Waals surface area contributed by atoms with Crippen molar-refractivity contribution in [1.29, 1.82) is 0 Å². The summed E-state index contributed by atoms with van der Waals surface area (Å²) >= 11 is 0. The zero-order valence-electron chi connectivity index (χ0n) is 114. The summed E-state index contributed by atoms with van der Waals surface area (Å²) in [5.74, 6) is -6.91. The van der Waals surface area contributed by atoms with Crippen LogP contribution in [0.15, 0.2) is 315 Å². The maximum absolute atomic E-state index is 13.9. The molecule has 0 aliphatic carbocycles. The van der Waals surface area contributed by atoms with Gasteiger partial charge in [-0.3, -0.25) is 19.2 Å². The highest BCUT2D eigenvalue weighted by molar-refractivity contribution is 5.94. The van der Waals surface area contributed by atoms with E-state index in [1.807, 2.05) is 121 Å². The first-order valence-corrected chi connectivity index (χ1v) is 42.2. The standard InChI is InChI=1S/4C28H30N2O2/c4*29-27(31)28(23-7-3-1-4-8-23,24-9-5-2-6-10-24)25-14-17-30(20-25)16-13-21-11-12-26-22(19-21)15-18-32-26/h4*1-12,19,25H,13-18,20H2,(H2,29,31)/t4*25-/m1111/s1/i1D,2D,3D,4D,5D,6D,7D,8D,9D,10D,11D,12D,15D2,16D2,19D;1D,2D,3D,4D,5D,6D,7D,8D,9D,10D,11D,12D,15D2,19D;11D,12D,15D2,16D2,19D;11D,12D,18D2,19D. The van der Waals surface area contributed by atoms with Crippen LogP contribution in [-0.4, -0.2) is 148 Å². The van der Waals surface area contributed by atoms with Crippen molar-refractivity contribution < 1.29 is 98.4 Å². The first-order chi connectivity index (χ1) is 80.4. The van der Waals surface area contributed by atoms with Gasteiger partial charge in [0.05, 0.1) is 73.0 Å². The molecule has 0 radical (unpaired) electrons. The van der Waals surface area contributed by atoms with E-state index in [1.165, 1.54) is 4.90 Å². The van der Waals surface area contributed by atoms with Crippen LogP contribution in [0.4, 0.5) is 0 Å². The summed E-state index contributed by atoms with van der Waals surface area (Å²) in [5, 5.41) is 0. The monoisotopic (exact) mass is 1750 g/mol. The third-order valence-corrected chi connectivity index (χ3v) is 24.9. The fourth-order valence-corrected chi connectivity index (χ4v) is 18.9. The molecular formula is C112H120N8O8. The van der Waals surface area contributed by atoms with Gasteiger partial charge >= 0.3 is 0 Å². The van der Waals surface area contributed by atoms with E-state index in [1.54, 1.807) is 9.80 Å². The number of ether oxygens (including phenoxy) is 4. The van der Waals surface area contributed by atoms with E-state index in [9.17, 15) is 19.2 Å². The normalized spacial score (nSPS) is 25.0. The predicted octanol–water partition coefficient (Wildman–Crippen LogP) is 15.8. The van der Waals surface area contributed by atoms with Crippen LogP contribution in [0.3, 0.4) is 0 Å². The molecule has 12 aromatic carbocycles. The average Bonchev–Trinajstić information content (AvgIpc) is 1.31. The summed E-state index contributed by atoms with van der Waals surface area (Å²) in [6.45, 7) is -5.71. The molecule has 16 nitrogen and oxygen atoms in total. The molecule has 4 fully saturated rings. The molecule has 0 spiro atoms. The van der Waals surface area contributed by atoms with Gasteiger partial charge in [0.2, 0.25) is 23.6 Å². The fraction of sp³-hybridized carbons (Fsp3) is 0.321. The molecule has 8 N–H and O–H groups in total. The molecule has 8 aliphatic rings. The Balaban J connectivity index is 0.000000153. The Bertz CT molecular complexity index is 8070. The van der Waals surface area contributed by atoms with Crippen LogP contribution in [0.2, 0.25) is 0 Å². The Morgan fingerprint density at radius 3 is 0.875 bits per heavy atom. The summed E-state index contributed by atoms with van der Waals surface area (Å²) < 4.78 is 392. The molecule has 12 aromatic rings. The molecule has 0 bridgehead atoms. The topological polar surface area (TPSA) is 222 Å². The van der Waals surface area contributed by atoms with Crippen LogP contribution in [0.25, 0.3) is 0 Å². The van der Waals surface area contributed by atoms with E-state index in [4.69, 9.17) is 102 Å². The lowest BCUT2D eigenvalue weighted by Gasteiger charge is -2.37. The minimum absolute atomic E-state index is 0.00648. The van der Waals surface area contributed by atoms with Crippen LogP contribution >= 0.6 is 0 Å². The minimum atomic E-state index is -2.68. The molecule has 0 unspecified atom stereocenters. The number of amides is 4. The third-order valence-electron chi connectivity index (χ3n) is 24.9. The van der Waals surface area contributed by atoms with Gasteiger partial charge in [-0.2, -0.15) is 0 Å². The average molecular weight is 1750 g/mol.